The zero-order valence-electron chi connectivity index (χ0n) is 22.4. The molecule has 4 heteroatoms. The molecule has 0 amide bonds. The van der Waals surface area contributed by atoms with Crippen LogP contribution in [0, 0.1) is 0 Å². The summed E-state index contributed by atoms with van der Waals surface area (Å²) in [4.78, 5) is 0. The van der Waals surface area contributed by atoms with Crippen LogP contribution in [0.4, 0.5) is 0 Å². The number of rotatable bonds is 8. The fourth-order valence-corrected chi connectivity index (χ4v) is 4.68. The van der Waals surface area contributed by atoms with Crippen molar-refractivity contribution in [1.29, 1.82) is 0 Å². The average Bonchev–Trinajstić information content (AvgIpc) is 3.38. The van der Waals surface area contributed by atoms with Crippen LogP contribution in [0.25, 0.3) is 0 Å². The third kappa shape index (κ3) is 17.8. The van der Waals surface area contributed by atoms with E-state index < -0.39 is 0 Å². The van der Waals surface area contributed by atoms with Crippen LogP contribution in [-0.2, 0) is 39.0 Å². The summed E-state index contributed by atoms with van der Waals surface area (Å²) in [5.74, 6) is 1.36. The zero-order chi connectivity index (χ0) is 22.4. The predicted octanol–water partition coefficient (Wildman–Crippen LogP) is 3.05. The summed E-state index contributed by atoms with van der Waals surface area (Å²) in [6, 6.07) is 13.5. The molecule has 2 aromatic rings. The normalized spacial score (nSPS) is 11.6. The third-order valence-corrected chi connectivity index (χ3v) is 8.04. The second-order valence-corrected chi connectivity index (χ2v) is 11.7. The molecule has 2 rings (SSSR count). The molecule has 32 heavy (non-hydrogen) atoms. The molecule has 183 valence electrons. The van der Waals surface area contributed by atoms with E-state index in [0.717, 1.165) is 33.4 Å². The van der Waals surface area contributed by atoms with Crippen molar-refractivity contribution in [2.24, 2.45) is 0 Å². The van der Waals surface area contributed by atoms with E-state index in [0.29, 0.717) is 11.8 Å². The second kappa shape index (κ2) is 23.1. The van der Waals surface area contributed by atoms with Crippen molar-refractivity contribution in [2.75, 3.05) is 0 Å². The molecule has 2 atom stereocenters. The largest absolute Gasteiger partial charge is 4.00 e. The Morgan fingerprint density at radius 1 is 0.656 bits per heavy atom. The van der Waals surface area contributed by atoms with Gasteiger partial charge < -0.3 is 24.8 Å². The molecule has 0 spiro atoms. The minimum atomic E-state index is 0. The molecule has 0 N–H and O–H groups in total. The molecule has 1 radical (unpaired) electrons. The number of hydrogen-bond donors (Lipinski definition) is 0. The van der Waals surface area contributed by atoms with Gasteiger partial charge in [0.15, 0.2) is 0 Å². The Bertz CT molecular complexity index is 577. The molecule has 0 saturated carbocycles. The van der Waals surface area contributed by atoms with Crippen LogP contribution < -0.4 is 24.8 Å². The first-order valence-electron chi connectivity index (χ1n) is 12.0. The van der Waals surface area contributed by atoms with Gasteiger partial charge >= 0.3 is 26.2 Å². The van der Waals surface area contributed by atoms with E-state index in [1.807, 2.05) is 0 Å². The molecule has 0 aliphatic heterocycles. The molecule has 0 aliphatic carbocycles. The van der Waals surface area contributed by atoms with E-state index in [1.165, 1.54) is 35.1 Å². The van der Waals surface area contributed by atoms with E-state index in [9.17, 15) is 0 Å². The zero-order valence-corrected chi connectivity index (χ0v) is 27.6. The Kier molecular flexibility index (Phi) is 28.6. The summed E-state index contributed by atoms with van der Waals surface area (Å²) in [5, 5.41) is 0. The van der Waals surface area contributed by atoms with Gasteiger partial charge in [0, 0.05) is 9.52 Å². The standard InChI is InChI=1S/2C10H15.C8H19Si.2ClH.Zr/c2*1-4-9-5-6-10(7-9)8(2)3;1-5-7(3)9-8(4)6-2;;;/h2*5-8H,4H2,1-3H3;7-9H,5-6H2,1-4H3;2*1H;/q2*-1;;;;+4/p-2. The Labute approximate surface area is 235 Å². The Balaban J connectivity index is -0.000000176. The molecule has 2 aromatic carbocycles. The van der Waals surface area contributed by atoms with Crippen molar-refractivity contribution in [3.63, 3.8) is 0 Å². The van der Waals surface area contributed by atoms with Gasteiger partial charge in [-0.2, -0.15) is 46.5 Å². The molecular formula is C28H49Cl2SiZr. The van der Waals surface area contributed by atoms with Crippen molar-refractivity contribution < 1.29 is 51.0 Å². The summed E-state index contributed by atoms with van der Waals surface area (Å²) in [5.41, 5.74) is 7.89. The van der Waals surface area contributed by atoms with Crippen LogP contribution in [0.1, 0.15) is 116 Å². The molecule has 0 aromatic heterocycles. The van der Waals surface area contributed by atoms with Crippen LogP contribution in [0.15, 0.2) is 36.4 Å². The van der Waals surface area contributed by atoms with Crippen molar-refractivity contribution >= 4 is 9.52 Å². The van der Waals surface area contributed by atoms with E-state index in [-0.39, 0.29) is 51.0 Å². The first-order valence-corrected chi connectivity index (χ1v) is 13.4. The van der Waals surface area contributed by atoms with Crippen LogP contribution in [0.2, 0.25) is 11.1 Å². The third-order valence-electron chi connectivity index (χ3n) is 5.78. The topological polar surface area (TPSA) is 0 Å². The summed E-state index contributed by atoms with van der Waals surface area (Å²) < 4.78 is 0. The molecule has 0 bridgehead atoms. The summed E-state index contributed by atoms with van der Waals surface area (Å²) in [7, 11) is 0.720. The minimum absolute atomic E-state index is 0. The van der Waals surface area contributed by atoms with Gasteiger partial charge in [-0.05, 0) is 11.8 Å². The SMILES string of the molecule is CCC(C)[SiH]C(C)CC.CCc1c[cH-]c(C(C)C)c1.CCc1c[cH-]c(C(C)C)c1.[Cl-].[Cl-].[Zr+4]. The number of aryl methyl sites for hydroxylation is 2. The van der Waals surface area contributed by atoms with Crippen LogP contribution in [-0.4, -0.2) is 9.52 Å². The Morgan fingerprint density at radius 3 is 1.12 bits per heavy atom. The fraction of sp³-hybridized carbons (Fsp3) is 0.643. The summed E-state index contributed by atoms with van der Waals surface area (Å²) in [6.07, 6.45) is 5.07. The Morgan fingerprint density at radius 2 is 0.969 bits per heavy atom. The molecule has 0 saturated heterocycles. The molecule has 2 unspecified atom stereocenters. The van der Waals surface area contributed by atoms with Crippen molar-refractivity contribution in [3.8, 4) is 0 Å². The molecule has 0 aliphatic rings. The van der Waals surface area contributed by atoms with Crippen molar-refractivity contribution in [2.45, 2.75) is 118 Å². The maximum Gasteiger partial charge on any atom is 4.00 e. The maximum atomic E-state index is 2.38. The monoisotopic (exact) mass is 573 g/mol. The van der Waals surface area contributed by atoms with E-state index >= 15 is 0 Å². The molecule has 0 heterocycles. The van der Waals surface area contributed by atoms with Gasteiger partial charge in [0.05, 0.1) is 0 Å². The number of hydrogen-bond acceptors (Lipinski definition) is 0. The average molecular weight is 576 g/mol. The van der Waals surface area contributed by atoms with Crippen molar-refractivity contribution in [1.82, 2.24) is 0 Å². The summed E-state index contributed by atoms with van der Waals surface area (Å²) >= 11 is 0. The van der Waals surface area contributed by atoms with Crippen LogP contribution >= 0.6 is 0 Å². The van der Waals surface area contributed by atoms with Gasteiger partial charge in [0.1, 0.15) is 0 Å². The minimum Gasteiger partial charge on any atom is -1.00 e. The van der Waals surface area contributed by atoms with Crippen LogP contribution in [0.5, 0.6) is 0 Å². The van der Waals surface area contributed by atoms with Crippen molar-refractivity contribution in [3.05, 3.63) is 58.7 Å². The van der Waals surface area contributed by atoms with Gasteiger partial charge in [-0.1, -0.05) is 106 Å². The predicted molar refractivity (Wildman–Crippen MR) is 138 cm³/mol. The Hall–Kier alpha value is 0.380. The molecule has 0 nitrogen and oxygen atoms in total. The molecular weight excluding hydrogens is 527 g/mol. The van der Waals surface area contributed by atoms with Gasteiger partial charge in [0.25, 0.3) is 0 Å². The van der Waals surface area contributed by atoms with Gasteiger partial charge in [-0.25, -0.2) is 12.1 Å². The number of halogens is 2. The van der Waals surface area contributed by atoms with Gasteiger partial charge in [-0.15, -0.1) is 0 Å². The quantitative estimate of drug-likeness (QED) is 0.335. The van der Waals surface area contributed by atoms with E-state index in [2.05, 4.69) is 106 Å². The van der Waals surface area contributed by atoms with E-state index in [4.69, 9.17) is 0 Å². The summed E-state index contributed by atoms with van der Waals surface area (Å²) in [6.45, 7) is 22.6. The maximum absolute atomic E-state index is 2.38. The van der Waals surface area contributed by atoms with Gasteiger partial charge in [-0.3, -0.25) is 0 Å². The second-order valence-electron chi connectivity index (χ2n) is 9.09. The molecule has 0 fully saturated rings. The van der Waals surface area contributed by atoms with Gasteiger partial charge in [0.2, 0.25) is 0 Å². The fourth-order valence-electron chi connectivity index (χ4n) is 3.02. The van der Waals surface area contributed by atoms with E-state index in [1.54, 1.807) is 0 Å². The van der Waals surface area contributed by atoms with Crippen LogP contribution in [0.3, 0.4) is 0 Å². The first kappa shape index (κ1) is 39.6. The first-order chi connectivity index (χ1) is 13.7. The smallest absolute Gasteiger partial charge is 1.00 e.